The molecule has 1 amide bonds. The summed E-state index contributed by atoms with van der Waals surface area (Å²) in [6, 6.07) is 0.445. The normalized spacial score (nSPS) is 27.8. The lowest BCUT2D eigenvalue weighted by atomic mass is 10.1. The molecule has 2 aliphatic rings. The lowest BCUT2D eigenvalue weighted by Gasteiger charge is -2.32. The molecule has 2 aliphatic heterocycles. The predicted octanol–water partition coefficient (Wildman–Crippen LogP) is 1.07. The largest absolute Gasteiger partial charge is 0.340 e. The molecular formula is C14H27N3O. The van der Waals surface area contributed by atoms with Crippen LogP contribution < -0.4 is 5.32 Å². The van der Waals surface area contributed by atoms with E-state index in [1.807, 2.05) is 11.9 Å². The minimum atomic E-state index is 0.0497. The standard InChI is InChI=1S/C14H27N3O/c1-12(17-9-5-3-4-6-10-17)14(18)16(2)13-7-8-15-11-13/h12-13,15H,3-11H2,1-2H3. The van der Waals surface area contributed by atoms with Crippen LogP contribution in [-0.2, 0) is 4.79 Å². The van der Waals surface area contributed by atoms with Gasteiger partial charge >= 0.3 is 0 Å². The Bertz CT molecular complexity index is 268. The van der Waals surface area contributed by atoms with Crippen molar-refractivity contribution in [1.82, 2.24) is 15.1 Å². The van der Waals surface area contributed by atoms with E-state index in [9.17, 15) is 4.79 Å². The Morgan fingerprint density at radius 3 is 2.50 bits per heavy atom. The van der Waals surface area contributed by atoms with Crippen molar-refractivity contribution < 1.29 is 4.79 Å². The van der Waals surface area contributed by atoms with Crippen LogP contribution in [-0.4, -0.2) is 61.0 Å². The van der Waals surface area contributed by atoms with E-state index >= 15 is 0 Å². The van der Waals surface area contributed by atoms with E-state index in [1.54, 1.807) is 0 Å². The molecule has 4 nitrogen and oxygen atoms in total. The lowest BCUT2D eigenvalue weighted by Crippen LogP contribution is -2.49. The van der Waals surface area contributed by atoms with Crippen LogP contribution in [0.4, 0.5) is 0 Å². The minimum absolute atomic E-state index is 0.0497. The van der Waals surface area contributed by atoms with Crippen molar-refractivity contribution in [2.24, 2.45) is 0 Å². The molecule has 0 bridgehead atoms. The summed E-state index contributed by atoms with van der Waals surface area (Å²) in [7, 11) is 1.97. The van der Waals surface area contributed by atoms with Gasteiger partial charge in [0.05, 0.1) is 6.04 Å². The van der Waals surface area contributed by atoms with E-state index in [0.29, 0.717) is 11.9 Å². The van der Waals surface area contributed by atoms with E-state index in [0.717, 1.165) is 32.6 Å². The van der Waals surface area contributed by atoms with Gasteiger partial charge in [0.15, 0.2) is 0 Å². The van der Waals surface area contributed by atoms with Gasteiger partial charge in [-0.1, -0.05) is 12.8 Å². The number of rotatable bonds is 3. The SMILES string of the molecule is CC(C(=O)N(C)C1CCNC1)N1CCCCCC1. The first-order valence-electron chi connectivity index (χ1n) is 7.41. The van der Waals surface area contributed by atoms with Gasteiger partial charge in [-0.25, -0.2) is 0 Å². The zero-order valence-corrected chi connectivity index (χ0v) is 11.8. The van der Waals surface area contributed by atoms with E-state index in [-0.39, 0.29) is 6.04 Å². The van der Waals surface area contributed by atoms with Crippen molar-refractivity contribution >= 4 is 5.91 Å². The first kappa shape index (κ1) is 13.8. The quantitative estimate of drug-likeness (QED) is 0.817. The van der Waals surface area contributed by atoms with Gasteiger partial charge in [0.25, 0.3) is 0 Å². The number of likely N-dealkylation sites (tertiary alicyclic amines) is 1. The van der Waals surface area contributed by atoms with Crippen LogP contribution in [0.1, 0.15) is 39.0 Å². The second-order valence-electron chi connectivity index (χ2n) is 5.72. The van der Waals surface area contributed by atoms with E-state index in [4.69, 9.17) is 0 Å². The van der Waals surface area contributed by atoms with E-state index in [1.165, 1.54) is 25.7 Å². The highest BCUT2D eigenvalue weighted by molar-refractivity contribution is 5.81. The molecule has 0 spiro atoms. The van der Waals surface area contributed by atoms with Crippen molar-refractivity contribution in [1.29, 1.82) is 0 Å². The third-order valence-electron chi connectivity index (χ3n) is 4.48. The zero-order chi connectivity index (χ0) is 13.0. The van der Waals surface area contributed by atoms with Gasteiger partial charge in [0.2, 0.25) is 5.91 Å². The van der Waals surface area contributed by atoms with Crippen LogP contribution in [0.3, 0.4) is 0 Å². The van der Waals surface area contributed by atoms with E-state index in [2.05, 4.69) is 17.1 Å². The molecule has 2 unspecified atom stereocenters. The number of likely N-dealkylation sites (N-methyl/N-ethyl adjacent to an activating group) is 1. The van der Waals surface area contributed by atoms with Gasteiger partial charge in [-0.3, -0.25) is 9.69 Å². The Morgan fingerprint density at radius 2 is 1.94 bits per heavy atom. The maximum atomic E-state index is 12.5. The predicted molar refractivity (Wildman–Crippen MR) is 73.5 cm³/mol. The summed E-state index contributed by atoms with van der Waals surface area (Å²) >= 11 is 0. The number of hydrogen-bond donors (Lipinski definition) is 1. The van der Waals surface area contributed by atoms with Gasteiger partial charge in [0.1, 0.15) is 0 Å². The molecule has 4 heteroatoms. The third-order valence-corrected chi connectivity index (χ3v) is 4.48. The summed E-state index contributed by atoms with van der Waals surface area (Å²) in [6.07, 6.45) is 6.22. The average molecular weight is 253 g/mol. The highest BCUT2D eigenvalue weighted by atomic mass is 16.2. The first-order chi connectivity index (χ1) is 8.70. The smallest absolute Gasteiger partial charge is 0.239 e. The second kappa shape index (κ2) is 6.53. The molecule has 2 rings (SSSR count). The molecule has 18 heavy (non-hydrogen) atoms. The van der Waals surface area contributed by atoms with Crippen LogP contribution >= 0.6 is 0 Å². The summed E-state index contributed by atoms with van der Waals surface area (Å²) in [5, 5.41) is 3.33. The van der Waals surface area contributed by atoms with Crippen molar-refractivity contribution in [3.63, 3.8) is 0 Å². The van der Waals surface area contributed by atoms with Crippen LogP contribution in [0.25, 0.3) is 0 Å². The Morgan fingerprint density at radius 1 is 1.28 bits per heavy atom. The van der Waals surface area contributed by atoms with Crippen molar-refractivity contribution in [3.8, 4) is 0 Å². The van der Waals surface area contributed by atoms with Crippen molar-refractivity contribution in [3.05, 3.63) is 0 Å². The molecule has 104 valence electrons. The van der Waals surface area contributed by atoms with E-state index < -0.39 is 0 Å². The van der Waals surface area contributed by atoms with Crippen LogP contribution in [0.5, 0.6) is 0 Å². The summed E-state index contributed by atoms with van der Waals surface area (Å²) in [6.45, 7) is 6.25. The number of carbonyl (C=O) groups is 1. The molecule has 0 aromatic carbocycles. The highest BCUT2D eigenvalue weighted by Gasteiger charge is 2.29. The summed E-state index contributed by atoms with van der Waals surface area (Å²) in [4.78, 5) is 16.8. The summed E-state index contributed by atoms with van der Waals surface area (Å²) in [5.74, 6) is 0.297. The molecule has 0 aliphatic carbocycles. The Labute approximate surface area is 111 Å². The summed E-state index contributed by atoms with van der Waals surface area (Å²) < 4.78 is 0. The topological polar surface area (TPSA) is 35.6 Å². The molecule has 0 radical (unpaired) electrons. The fraction of sp³-hybridized carbons (Fsp3) is 0.929. The number of amides is 1. The highest BCUT2D eigenvalue weighted by Crippen LogP contribution is 2.15. The van der Waals surface area contributed by atoms with Gasteiger partial charge in [-0.2, -0.15) is 0 Å². The molecule has 2 fully saturated rings. The van der Waals surface area contributed by atoms with Crippen molar-refractivity contribution in [2.45, 2.75) is 51.1 Å². The van der Waals surface area contributed by atoms with Gasteiger partial charge < -0.3 is 10.2 Å². The van der Waals surface area contributed by atoms with Gasteiger partial charge in [-0.15, -0.1) is 0 Å². The van der Waals surface area contributed by atoms with Crippen LogP contribution in [0.2, 0.25) is 0 Å². The number of carbonyl (C=O) groups excluding carboxylic acids is 1. The Balaban J connectivity index is 1.89. The maximum Gasteiger partial charge on any atom is 0.239 e. The first-order valence-corrected chi connectivity index (χ1v) is 7.41. The van der Waals surface area contributed by atoms with Crippen molar-refractivity contribution in [2.75, 3.05) is 33.2 Å². The Kier molecular flexibility index (Phi) is 5.01. The summed E-state index contributed by atoms with van der Waals surface area (Å²) in [5.41, 5.74) is 0. The molecule has 1 N–H and O–H groups in total. The van der Waals surface area contributed by atoms with Gasteiger partial charge in [-0.05, 0) is 45.8 Å². The Hall–Kier alpha value is -0.610. The molecule has 2 heterocycles. The molecule has 0 saturated carbocycles. The lowest BCUT2D eigenvalue weighted by molar-refractivity contribution is -0.136. The zero-order valence-electron chi connectivity index (χ0n) is 11.8. The molecule has 0 aromatic heterocycles. The molecule has 2 atom stereocenters. The molecular weight excluding hydrogens is 226 g/mol. The second-order valence-corrected chi connectivity index (χ2v) is 5.72. The fourth-order valence-electron chi connectivity index (χ4n) is 3.08. The van der Waals surface area contributed by atoms with Crippen LogP contribution in [0.15, 0.2) is 0 Å². The third kappa shape index (κ3) is 3.23. The van der Waals surface area contributed by atoms with Crippen LogP contribution in [0, 0.1) is 0 Å². The van der Waals surface area contributed by atoms with Gasteiger partial charge in [0, 0.05) is 19.6 Å². The average Bonchev–Trinajstić information content (AvgIpc) is 2.78. The molecule has 2 saturated heterocycles. The number of nitrogens with one attached hydrogen (secondary N) is 1. The monoisotopic (exact) mass is 253 g/mol. The maximum absolute atomic E-state index is 12.5. The molecule has 0 aromatic rings. The fourth-order valence-corrected chi connectivity index (χ4v) is 3.08. The minimum Gasteiger partial charge on any atom is -0.340 e. The number of nitrogens with zero attached hydrogens (tertiary/aromatic N) is 2. The number of hydrogen-bond acceptors (Lipinski definition) is 3.